The third-order valence-electron chi connectivity index (χ3n) is 0. The first-order valence-corrected chi connectivity index (χ1v) is 0. The van der Waals surface area contributed by atoms with Gasteiger partial charge in [0.2, 0.25) is 0 Å². The van der Waals surface area contributed by atoms with Gasteiger partial charge in [-0.05, 0) is 0 Å². The molecule has 0 atom stereocenters. The Hall–Kier alpha value is 1.67. The van der Waals surface area contributed by atoms with E-state index in [-0.39, 0.29) is 62.1 Å². The van der Waals surface area contributed by atoms with Gasteiger partial charge >= 0.3 is 37.7 Å². The van der Waals surface area contributed by atoms with E-state index in [2.05, 4.69) is 0 Å². The second-order valence-electron chi connectivity index (χ2n) is 0. The zero-order valence-electron chi connectivity index (χ0n) is 3.38. The molecule has 0 aromatic heterocycles. The van der Waals surface area contributed by atoms with Gasteiger partial charge in [-0.3, -0.25) is 0 Å². The molecule has 0 saturated carbocycles. The zero-order valence-corrected chi connectivity index (χ0v) is 4.96. The average molecular weight is 109 g/mol. The van der Waals surface area contributed by atoms with Crippen molar-refractivity contribution in [3.8, 4) is 0 Å². The Morgan fingerprint density at radius 2 is 0.750 bits per heavy atom. The topological polar surface area (TPSA) is 0 Å². The van der Waals surface area contributed by atoms with Crippen LogP contribution in [0, 0.1) is 7.43 Å². The minimum absolute atomic E-state index is 0. The largest absolute Gasteiger partial charge is 1.00 e. The summed E-state index contributed by atoms with van der Waals surface area (Å²) in [5.41, 5.74) is 0. The molecule has 0 rings (SSSR count). The van der Waals surface area contributed by atoms with E-state index in [9.17, 15) is 0 Å². The molecule has 0 unspecified atom stereocenters. The van der Waals surface area contributed by atoms with Gasteiger partial charge in [-0.2, -0.15) is 0 Å². The number of hydrogen-bond acceptors (Lipinski definition) is 0. The summed E-state index contributed by atoms with van der Waals surface area (Å²) in [6, 6.07) is 0. The number of halogens is 1. The SMILES string of the molecule is [Br-].[CH3-].[Li+].[Li+]. The van der Waals surface area contributed by atoms with E-state index in [0.29, 0.717) is 0 Å². The summed E-state index contributed by atoms with van der Waals surface area (Å²) in [5, 5.41) is 0. The second kappa shape index (κ2) is 22.5. The first-order valence-electron chi connectivity index (χ1n) is 0. The molecule has 0 bridgehead atoms. The van der Waals surface area contributed by atoms with Crippen molar-refractivity contribution in [2.75, 3.05) is 0 Å². The van der Waals surface area contributed by atoms with Gasteiger partial charge < -0.3 is 24.4 Å². The molecular weight excluding hydrogens is 106 g/mol. The van der Waals surface area contributed by atoms with E-state index in [1.807, 2.05) is 0 Å². The van der Waals surface area contributed by atoms with Crippen molar-refractivity contribution in [1.82, 2.24) is 0 Å². The van der Waals surface area contributed by atoms with Crippen LogP contribution in [-0.2, 0) is 0 Å². The van der Waals surface area contributed by atoms with Crippen LogP contribution >= 0.6 is 0 Å². The normalized spacial score (nSPS) is 0. The fraction of sp³-hybridized carbons (Fsp3) is 0. The molecular formula is CH3BrLi2. The second-order valence-corrected chi connectivity index (χ2v) is 0. The standard InChI is InChI=1S/CH3.BrH.2Li/h1H3;1H;;/q-1;;2*+1/p-1. The summed E-state index contributed by atoms with van der Waals surface area (Å²) in [4.78, 5) is 0. The van der Waals surface area contributed by atoms with Gasteiger partial charge in [0, 0.05) is 0 Å². The van der Waals surface area contributed by atoms with Gasteiger partial charge in [0.1, 0.15) is 0 Å². The molecule has 0 heterocycles. The number of rotatable bonds is 0. The summed E-state index contributed by atoms with van der Waals surface area (Å²) in [6.45, 7) is 0. The Morgan fingerprint density at radius 1 is 0.750 bits per heavy atom. The van der Waals surface area contributed by atoms with Crippen LogP contribution in [-0.4, -0.2) is 0 Å². The smallest absolute Gasteiger partial charge is 1.00 e. The summed E-state index contributed by atoms with van der Waals surface area (Å²) in [5.74, 6) is 0. The minimum Gasteiger partial charge on any atom is -1.00 e. The van der Waals surface area contributed by atoms with Crippen molar-refractivity contribution in [3.63, 3.8) is 0 Å². The van der Waals surface area contributed by atoms with Crippen LogP contribution in [0.15, 0.2) is 0 Å². The first kappa shape index (κ1) is 44.2. The number of hydrogen-bond donors (Lipinski definition) is 0. The molecule has 0 amide bonds. The van der Waals surface area contributed by atoms with Crippen molar-refractivity contribution in [2.24, 2.45) is 0 Å². The van der Waals surface area contributed by atoms with Gasteiger partial charge in [0.05, 0.1) is 0 Å². The van der Waals surface area contributed by atoms with Crippen LogP contribution in [0.2, 0.25) is 0 Å². The molecule has 0 aromatic rings. The Kier molecular flexibility index (Phi) is 249. The molecule has 0 saturated heterocycles. The van der Waals surface area contributed by atoms with Gasteiger partial charge in [0.25, 0.3) is 0 Å². The predicted octanol–water partition coefficient (Wildman–Crippen LogP) is -8.54. The van der Waals surface area contributed by atoms with E-state index in [0.717, 1.165) is 0 Å². The quantitative estimate of drug-likeness (QED) is 0.214. The molecule has 0 aromatic carbocycles. The molecule has 0 nitrogen and oxygen atoms in total. The fourth-order valence-electron chi connectivity index (χ4n) is 0. The third-order valence-corrected chi connectivity index (χ3v) is 0. The molecule has 0 N–H and O–H groups in total. The van der Waals surface area contributed by atoms with E-state index >= 15 is 0 Å². The first-order chi connectivity index (χ1) is 0. The van der Waals surface area contributed by atoms with Gasteiger partial charge in [-0.1, -0.05) is 0 Å². The van der Waals surface area contributed by atoms with Crippen LogP contribution in [0.4, 0.5) is 0 Å². The Balaban J connectivity index is 0. The van der Waals surface area contributed by atoms with E-state index in [1.165, 1.54) is 0 Å². The maximum Gasteiger partial charge on any atom is 1.00 e. The summed E-state index contributed by atoms with van der Waals surface area (Å²) in [7, 11) is 0. The van der Waals surface area contributed by atoms with E-state index < -0.39 is 0 Å². The van der Waals surface area contributed by atoms with E-state index in [1.54, 1.807) is 0 Å². The molecule has 0 aliphatic heterocycles. The van der Waals surface area contributed by atoms with Gasteiger partial charge in [-0.25, -0.2) is 0 Å². The van der Waals surface area contributed by atoms with Crippen molar-refractivity contribution in [1.29, 1.82) is 0 Å². The van der Waals surface area contributed by atoms with Crippen LogP contribution in [0.25, 0.3) is 0 Å². The zero-order chi connectivity index (χ0) is 0. The molecule has 0 fully saturated rings. The average Bonchev–Trinajstić information content (AvgIpc) is 0. The summed E-state index contributed by atoms with van der Waals surface area (Å²) < 4.78 is 0. The molecule has 0 spiro atoms. The van der Waals surface area contributed by atoms with Gasteiger partial charge in [-0.15, -0.1) is 0 Å². The molecule has 0 aliphatic carbocycles. The molecule has 4 heavy (non-hydrogen) atoms. The Bertz CT molecular complexity index is 6.00. The maximum atomic E-state index is 0. The van der Waals surface area contributed by atoms with Crippen LogP contribution < -0.4 is 54.7 Å². The fourth-order valence-corrected chi connectivity index (χ4v) is 0. The van der Waals surface area contributed by atoms with Crippen molar-refractivity contribution < 1.29 is 54.7 Å². The Labute approximate surface area is 61.8 Å². The Morgan fingerprint density at radius 3 is 0.750 bits per heavy atom. The van der Waals surface area contributed by atoms with Crippen molar-refractivity contribution in [3.05, 3.63) is 7.43 Å². The monoisotopic (exact) mass is 108 g/mol. The predicted molar refractivity (Wildman–Crippen MR) is 6.41 cm³/mol. The maximum absolute atomic E-state index is 0. The minimum atomic E-state index is 0. The van der Waals surface area contributed by atoms with Crippen LogP contribution in [0.5, 0.6) is 0 Å². The molecule has 3 heteroatoms. The summed E-state index contributed by atoms with van der Waals surface area (Å²) >= 11 is 0. The van der Waals surface area contributed by atoms with E-state index in [4.69, 9.17) is 0 Å². The third kappa shape index (κ3) is 9.37. The van der Waals surface area contributed by atoms with Gasteiger partial charge in [0.15, 0.2) is 0 Å². The van der Waals surface area contributed by atoms with Crippen LogP contribution in [0.3, 0.4) is 0 Å². The summed E-state index contributed by atoms with van der Waals surface area (Å²) in [6.07, 6.45) is 0. The molecule has 0 aliphatic rings. The molecule has 0 radical (unpaired) electrons. The van der Waals surface area contributed by atoms with Crippen molar-refractivity contribution >= 4 is 0 Å². The molecule has 16 valence electrons. The van der Waals surface area contributed by atoms with Crippen molar-refractivity contribution in [2.45, 2.75) is 0 Å². The van der Waals surface area contributed by atoms with Crippen LogP contribution in [0.1, 0.15) is 0 Å².